The molecule has 0 N–H and O–H groups in total. The van der Waals surface area contributed by atoms with Crippen LogP contribution in [0.25, 0.3) is 16.8 Å². The zero-order chi connectivity index (χ0) is 13.9. The molecule has 0 radical (unpaired) electrons. The highest BCUT2D eigenvalue weighted by atomic mass is 16.1. The molecule has 0 aliphatic heterocycles. The van der Waals surface area contributed by atoms with E-state index in [2.05, 4.69) is 0 Å². The number of ketones is 1. The molecule has 98 valence electrons. The minimum absolute atomic E-state index is 0.0673. The third-order valence-corrected chi connectivity index (χ3v) is 3.34. The maximum atomic E-state index is 12.1. The Morgan fingerprint density at radius 1 is 0.850 bits per heavy atom. The summed E-state index contributed by atoms with van der Waals surface area (Å²) in [7, 11) is 0. The number of benzene rings is 2. The van der Waals surface area contributed by atoms with E-state index >= 15 is 0 Å². The number of rotatable bonds is 3. The van der Waals surface area contributed by atoms with Crippen LogP contribution in [0.4, 0.5) is 0 Å². The third kappa shape index (κ3) is 2.16. The van der Waals surface area contributed by atoms with Crippen molar-refractivity contribution in [3.8, 4) is 16.8 Å². The van der Waals surface area contributed by atoms with E-state index in [-0.39, 0.29) is 5.78 Å². The van der Waals surface area contributed by atoms with E-state index in [1.165, 1.54) is 0 Å². The first-order valence-electron chi connectivity index (χ1n) is 6.60. The quantitative estimate of drug-likeness (QED) is 0.642. The number of hydrogen-bond donors (Lipinski definition) is 0. The molecule has 0 aliphatic carbocycles. The van der Waals surface area contributed by atoms with Crippen molar-refractivity contribution in [2.75, 3.05) is 0 Å². The van der Waals surface area contributed by atoms with Crippen LogP contribution in [0.5, 0.6) is 0 Å². The zero-order valence-corrected chi connectivity index (χ0v) is 11.3. The lowest BCUT2D eigenvalue weighted by Gasteiger charge is -2.09. The summed E-state index contributed by atoms with van der Waals surface area (Å²) >= 11 is 0. The van der Waals surface area contributed by atoms with Crippen molar-refractivity contribution in [1.82, 2.24) is 4.57 Å². The molecule has 0 spiro atoms. The van der Waals surface area contributed by atoms with Gasteiger partial charge in [-0.25, -0.2) is 0 Å². The molecule has 0 saturated carbocycles. The fraction of sp³-hybridized carbons (Fsp3) is 0.0556. The first kappa shape index (κ1) is 12.4. The Morgan fingerprint density at radius 2 is 1.45 bits per heavy atom. The molecule has 1 aromatic heterocycles. The Labute approximate surface area is 118 Å². The van der Waals surface area contributed by atoms with Crippen molar-refractivity contribution in [1.29, 1.82) is 0 Å². The van der Waals surface area contributed by atoms with Gasteiger partial charge in [-0.3, -0.25) is 4.79 Å². The van der Waals surface area contributed by atoms with Gasteiger partial charge in [0.2, 0.25) is 0 Å². The molecule has 1 heterocycles. The number of carbonyl (C=O) groups is 1. The van der Waals surface area contributed by atoms with Crippen LogP contribution >= 0.6 is 0 Å². The monoisotopic (exact) mass is 261 g/mol. The molecule has 20 heavy (non-hydrogen) atoms. The maximum Gasteiger partial charge on any atom is 0.177 e. The van der Waals surface area contributed by atoms with Gasteiger partial charge in [0.05, 0.1) is 5.69 Å². The Kier molecular flexibility index (Phi) is 3.21. The van der Waals surface area contributed by atoms with E-state index in [0.717, 1.165) is 22.5 Å². The van der Waals surface area contributed by atoms with Gasteiger partial charge in [0.1, 0.15) is 0 Å². The standard InChI is InChI=1S/C18H15NO/c1-14(20)18-17(15-8-4-2-5-9-15)12-13-19(18)16-10-6-3-7-11-16/h2-13H,1H3. The summed E-state index contributed by atoms with van der Waals surface area (Å²) in [5.74, 6) is 0.0673. The van der Waals surface area contributed by atoms with Gasteiger partial charge in [-0.1, -0.05) is 48.5 Å². The number of carbonyl (C=O) groups excluding carboxylic acids is 1. The molecule has 2 heteroatoms. The summed E-state index contributed by atoms with van der Waals surface area (Å²) in [5.41, 5.74) is 3.76. The Morgan fingerprint density at radius 3 is 2.05 bits per heavy atom. The van der Waals surface area contributed by atoms with Gasteiger partial charge in [0.25, 0.3) is 0 Å². The van der Waals surface area contributed by atoms with Crippen LogP contribution in [-0.4, -0.2) is 10.4 Å². The molecule has 0 fully saturated rings. The minimum Gasteiger partial charge on any atom is -0.313 e. The molecule has 0 aliphatic rings. The van der Waals surface area contributed by atoms with Crippen LogP contribution in [0.3, 0.4) is 0 Å². The summed E-state index contributed by atoms with van der Waals surface area (Å²) in [5, 5.41) is 0. The minimum atomic E-state index is 0.0673. The highest BCUT2D eigenvalue weighted by molar-refractivity contribution is 6.00. The number of aromatic nitrogens is 1. The number of Topliss-reactive ketones (excluding diaryl/α,β-unsaturated/α-hetero) is 1. The lowest BCUT2D eigenvalue weighted by molar-refractivity contribution is 0.101. The van der Waals surface area contributed by atoms with Gasteiger partial charge < -0.3 is 4.57 Å². The molecular weight excluding hydrogens is 246 g/mol. The second kappa shape index (κ2) is 5.17. The Bertz CT molecular complexity index is 670. The molecular formula is C18H15NO. The summed E-state index contributed by atoms with van der Waals surface area (Å²) in [6.45, 7) is 1.61. The van der Waals surface area contributed by atoms with Crippen molar-refractivity contribution in [2.24, 2.45) is 0 Å². The van der Waals surface area contributed by atoms with Crippen LogP contribution in [-0.2, 0) is 0 Å². The van der Waals surface area contributed by atoms with Gasteiger partial charge in [0.15, 0.2) is 5.78 Å². The summed E-state index contributed by atoms with van der Waals surface area (Å²) in [6.07, 6.45) is 1.95. The Balaban J connectivity index is 2.20. The van der Waals surface area contributed by atoms with Gasteiger partial charge in [-0.05, 0) is 23.8 Å². The molecule has 3 rings (SSSR count). The molecule has 0 saturated heterocycles. The van der Waals surface area contributed by atoms with Crippen molar-refractivity contribution in [3.05, 3.63) is 78.6 Å². The van der Waals surface area contributed by atoms with Crippen LogP contribution in [0.2, 0.25) is 0 Å². The fourth-order valence-electron chi connectivity index (χ4n) is 2.45. The predicted molar refractivity (Wildman–Crippen MR) is 81.2 cm³/mol. The van der Waals surface area contributed by atoms with Crippen LogP contribution in [0.15, 0.2) is 72.9 Å². The van der Waals surface area contributed by atoms with E-state index in [0.29, 0.717) is 0 Å². The van der Waals surface area contributed by atoms with Crippen molar-refractivity contribution in [2.45, 2.75) is 6.92 Å². The average Bonchev–Trinajstić information content (AvgIpc) is 2.94. The van der Waals surface area contributed by atoms with Gasteiger partial charge >= 0.3 is 0 Å². The van der Waals surface area contributed by atoms with Gasteiger partial charge in [-0.2, -0.15) is 0 Å². The third-order valence-electron chi connectivity index (χ3n) is 3.34. The van der Waals surface area contributed by atoms with Crippen molar-refractivity contribution in [3.63, 3.8) is 0 Å². The first-order chi connectivity index (χ1) is 9.77. The highest BCUT2D eigenvalue weighted by Gasteiger charge is 2.15. The molecule has 2 nitrogen and oxygen atoms in total. The zero-order valence-electron chi connectivity index (χ0n) is 11.3. The van der Waals surface area contributed by atoms with E-state index < -0.39 is 0 Å². The smallest absolute Gasteiger partial charge is 0.177 e. The number of hydrogen-bond acceptors (Lipinski definition) is 1. The molecule has 0 unspecified atom stereocenters. The predicted octanol–water partition coefficient (Wildman–Crippen LogP) is 4.35. The van der Waals surface area contributed by atoms with E-state index in [4.69, 9.17) is 0 Å². The second-order valence-electron chi connectivity index (χ2n) is 4.71. The maximum absolute atomic E-state index is 12.1. The number of nitrogens with zero attached hydrogens (tertiary/aromatic N) is 1. The Hall–Kier alpha value is -2.61. The molecule has 3 aromatic rings. The fourth-order valence-corrected chi connectivity index (χ4v) is 2.45. The molecule has 0 atom stereocenters. The van der Waals surface area contributed by atoms with Crippen LogP contribution in [0, 0.1) is 0 Å². The second-order valence-corrected chi connectivity index (χ2v) is 4.71. The summed E-state index contributed by atoms with van der Waals surface area (Å²) < 4.78 is 1.95. The van der Waals surface area contributed by atoms with Crippen molar-refractivity contribution < 1.29 is 4.79 Å². The van der Waals surface area contributed by atoms with Gasteiger partial charge in [0, 0.05) is 24.4 Å². The largest absolute Gasteiger partial charge is 0.313 e. The SMILES string of the molecule is CC(=O)c1c(-c2ccccc2)ccn1-c1ccccc1. The van der Waals surface area contributed by atoms with E-state index in [1.807, 2.05) is 77.5 Å². The molecule has 2 aromatic carbocycles. The first-order valence-corrected chi connectivity index (χ1v) is 6.60. The van der Waals surface area contributed by atoms with E-state index in [9.17, 15) is 4.79 Å². The summed E-state index contributed by atoms with van der Waals surface area (Å²) in [6, 6.07) is 21.9. The highest BCUT2D eigenvalue weighted by Crippen LogP contribution is 2.27. The van der Waals surface area contributed by atoms with Crippen molar-refractivity contribution >= 4 is 5.78 Å². The lowest BCUT2D eigenvalue weighted by atomic mass is 10.0. The van der Waals surface area contributed by atoms with Crippen LogP contribution < -0.4 is 0 Å². The van der Waals surface area contributed by atoms with Gasteiger partial charge in [-0.15, -0.1) is 0 Å². The average molecular weight is 261 g/mol. The summed E-state index contributed by atoms with van der Waals surface area (Å²) in [4.78, 5) is 12.1. The molecule has 0 bridgehead atoms. The normalized spacial score (nSPS) is 10.4. The lowest BCUT2D eigenvalue weighted by Crippen LogP contribution is -2.04. The van der Waals surface area contributed by atoms with Crippen LogP contribution in [0.1, 0.15) is 17.4 Å². The molecule has 0 amide bonds. The van der Waals surface area contributed by atoms with E-state index in [1.54, 1.807) is 6.92 Å². The number of para-hydroxylation sites is 1. The topological polar surface area (TPSA) is 22.0 Å².